The number of benzene rings is 1. The van der Waals surface area contributed by atoms with Crippen molar-refractivity contribution in [2.45, 2.75) is 25.7 Å². The Kier molecular flexibility index (Phi) is 3.40. The Morgan fingerprint density at radius 1 is 1.22 bits per heavy atom. The van der Waals surface area contributed by atoms with E-state index in [0.717, 1.165) is 53.7 Å². The number of aliphatic hydroxyl groups is 1. The molecule has 116 valence electrons. The highest BCUT2D eigenvalue weighted by Gasteiger charge is 2.24. The molecule has 0 bridgehead atoms. The summed E-state index contributed by atoms with van der Waals surface area (Å²) in [5, 5.41) is 22.3. The largest absolute Gasteiger partial charge is 0.395 e. The molecule has 0 fully saturated rings. The zero-order valence-corrected chi connectivity index (χ0v) is 12.8. The second kappa shape index (κ2) is 5.56. The molecule has 0 aliphatic heterocycles. The van der Waals surface area contributed by atoms with Gasteiger partial charge in [-0.05, 0) is 48.9 Å². The van der Waals surface area contributed by atoms with Crippen LogP contribution in [0.3, 0.4) is 0 Å². The average Bonchev–Trinajstić information content (AvgIpc) is 2.98. The SMILES string of the molecule is N#Cc1c2c(c(NCCO)n3c1nc1ccccc13)CCCC2. The Hall–Kier alpha value is -2.58. The zero-order chi connectivity index (χ0) is 15.8. The van der Waals surface area contributed by atoms with Gasteiger partial charge in [0.25, 0.3) is 0 Å². The summed E-state index contributed by atoms with van der Waals surface area (Å²) in [6.45, 7) is 0.558. The zero-order valence-electron chi connectivity index (χ0n) is 12.8. The summed E-state index contributed by atoms with van der Waals surface area (Å²) in [5.41, 5.74) is 5.63. The van der Waals surface area contributed by atoms with Crippen LogP contribution in [-0.2, 0) is 12.8 Å². The van der Waals surface area contributed by atoms with Crippen LogP contribution in [0.5, 0.6) is 0 Å². The summed E-state index contributed by atoms with van der Waals surface area (Å²) in [4.78, 5) is 4.70. The van der Waals surface area contributed by atoms with E-state index in [9.17, 15) is 10.4 Å². The molecule has 0 radical (unpaired) electrons. The van der Waals surface area contributed by atoms with Crippen molar-refractivity contribution >= 4 is 22.5 Å². The smallest absolute Gasteiger partial charge is 0.157 e. The van der Waals surface area contributed by atoms with Gasteiger partial charge in [-0.25, -0.2) is 4.98 Å². The number of nitriles is 1. The number of nitrogens with one attached hydrogen (secondary N) is 1. The number of rotatable bonds is 3. The van der Waals surface area contributed by atoms with Crippen LogP contribution in [0.4, 0.5) is 5.82 Å². The third-order valence-electron chi connectivity index (χ3n) is 4.58. The van der Waals surface area contributed by atoms with Gasteiger partial charge < -0.3 is 10.4 Å². The molecule has 23 heavy (non-hydrogen) atoms. The third kappa shape index (κ3) is 2.07. The van der Waals surface area contributed by atoms with Gasteiger partial charge in [-0.15, -0.1) is 0 Å². The number of anilines is 1. The minimum Gasteiger partial charge on any atom is -0.395 e. The van der Waals surface area contributed by atoms with E-state index in [1.165, 1.54) is 5.56 Å². The number of aliphatic hydroxyl groups excluding tert-OH is 1. The molecule has 5 nitrogen and oxygen atoms in total. The van der Waals surface area contributed by atoms with E-state index in [-0.39, 0.29) is 6.61 Å². The van der Waals surface area contributed by atoms with E-state index in [2.05, 4.69) is 11.4 Å². The first-order valence-electron chi connectivity index (χ1n) is 8.05. The van der Waals surface area contributed by atoms with Crippen molar-refractivity contribution in [3.05, 3.63) is 41.0 Å². The summed E-state index contributed by atoms with van der Waals surface area (Å²) in [7, 11) is 0. The second-order valence-corrected chi connectivity index (χ2v) is 5.91. The number of pyridine rings is 1. The number of para-hydroxylation sites is 2. The first-order valence-corrected chi connectivity index (χ1v) is 8.05. The number of hydrogen-bond acceptors (Lipinski definition) is 4. The van der Waals surface area contributed by atoms with Gasteiger partial charge in [-0.1, -0.05) is 12.1 Å². The van der Waals surface area contributed by atoms with Crippen LogP contribution in [0, 0.1) is 11.3 Å². The van der Waals surface area contributed by atoms with E-state index >= 15 is 0 Å². The maximum atomic E-state index is 9.72. The normalized spacial score (nSPS) is 13.9. The van der Waals surface area contributed by atoms with Crippen LogP contribution in [0.15, 0.2) is 24.3 Å². The van der Waals surface area contributed by atoms with Crippen molar-refractivity contribution in [2.24, 2.45) is 0 Å². The molecule has 3 aromatic rings. The standard InChI is InChI=1S/C18H18N4O/c19-11-14-12-5-1-2-6-13(12)17(20-9-10-23)22-16-8-4-3-7-15(16)21-18(14)22/h3-4,7-8,20,23H,1-2,5-6,9-10H2. The molecule has 1 aliphatic carbocycles. The van der Waals surface area contributed by atoms with Gasteiger partial charge >= 0.3 is 0 Å². The fourth-order valence-electron chi connectivity index (χ4n) is 3.61. The molecule has 0 unspecified atom stereocenters. The summed E-state index contributed by atoms with van der Waals surface area (Å²) in [5.74, 6) is 0.983. The first kappa shape index (κ1) is 14.0. The monoisotopic (exact) mass is 306 g/mol. The number of fused-ring (bicyclic) bond motifs is 4. The minimum atomic E-state index is 0.0723. The fraction of sp³-hybridized carbons (Fsp3) is 0.333. The Balaban J connectivity index is 2.15. The van der Waals surface area contributed by atoms with Gasteiger partial charge in [-0.3, -0.25) is 4.40 Å². The molecule has 1 aliphatic rings. The quantitative estimate of drug-likeness (QED) is 0.780. The Morgan fingerprint density at radius 2 is 2.00 bits per heavy atom. The molecule has 0 atom stereocenters. The highest BCUT2D eigenvalue weighted by atomic mass is 16.3. The summed E-state index contributed by atoms with van der Waals surface area (Å²) < 4.78 is 2.05. The second-order valence-electron chi connectivity index (χ2n) is 5.91. The average molecular weight is 306 g/mol. The summed E-state index contributed by atoms with van der Waals surface area (Å²) >= 11 is 0. The lowest BCUT2D eigenvalue weighted by molar-refractivity contribution is 0.311. The van der Waals surface area contributed by atoms with E-state index in [1.54, 1.807) is 0 Å². The van der Waals surface area contributed by atoms with Crippen LogP contribution in [0.2, 0.25) is 0 Å². The molecule has 5 heteroatoms. The predicted octanol–water partition coefficient (Wildman–Crippen LogP) is 2.64. The van der Waals surface area contributed by atoms with Crippen molar-refractivity contribution in [1.29, 1.82) is 5.26 Å². The Morgan fingerprint density at radius 3 is 2.78 bits per heavy atom. The minimum absolute atomic E-state index is 0.0723. The molecule has 0 spiro atoms. The van der Waals surface area contributed by atoms with Crippen molar-refractivity contribution in [2.75, 3.05) is 18.5 Å². The van der Waals surface area contributed by atoms with E-state index < -0.39 is 0 Å². The van der Waals surface area contributed by atoms with Gasteiger partial charge in [-0.2, -0.15) is 5.26 Å². The lowest BCUT2D eigenvalue weighted by Crippen LogP contribution is -2.17. The first-order chi connectivity index (χ1) is 11.3. The van der Waals surface area contributed by atoms with Crippen LogP contribution >= 0.6 is 0 Å². The van der Waals surface area contributed by atoms with E-state index in [0.29, 0.717) is 12.1 Å². The molecule has 2 aromatic heterocycles. The molecule has 1 aromatic carbocycles. The maximum Gasteiger partial charge on any atom is 0.157 e. The number of imidazole rings is 1. The lowest BCUT2D eigenvalue weighted by atomic mass is 9.89. The number of nitrogens with zero attached hydrogens (tertiary/aromatic N) is 3. The summed E-state index contributed by atoms with van der Waals surface area (Å²) in [6, 6.07) is 10.3. The van der Waals surface area contributed by atoms with Crippen LogP contribution < -0.4 is 5.32 Å². The fourth-order valence-corrected chi connectivity index (χ4v) is 3.61. The third-order valence-corrected chi connectivity index (χ3v) is 4.58. The molecule has 0 saturated heterocycles. The van der Waals surface area contributed by atoms with Crippen molar-refractivity contribution < 1.29 is 5.11 Å². The highest BCUT2D eigenvalue weighted by Crippen LogP contribution is 2.35. The molecular formula is C18H18N4O. The van der Waals surface area contributed by atoms with Gasteiger partial charge in [0.2, 0.25) is 0 Å². The molecule has 4 rings (SSSR count). The van der Waals surface area contributed by atoms with E-state index in [4.69, 9.17) is 4.98 Å². The van der Waals surface area contributed by atoms with Crippen molar-refractivity contribution in [3.8, 4) is 6.07 Å². The van der Waals surface area contributed by atoms with Gasteiger partial charge in [0.05, 0.1) is 23.2 Å². The number of aromatic nitrogens is 2. The Bertz CT molecular complexity index is 936. The van der Waals surface area contributed by atoms with E-state index in [1.807, 2.05) is 28.7 Å². The van der Waals surface area contributed by atoms with Gasteiger partial charge in [0.15, 0.2) is 5.65 Å². The molecular weight excluding hydrogens is 288 g/mol. The topological polar surface area (TPSA) is 73.3 Å². The van der Waals surface area contributed by atoms with Crippen LogP contribution in [-0.4, -0.2) is 27.6 Å². The molecule has 0 saturated carbocycles. The lowest BCUT2D eigenvalue weighted by Gasteiger charge is -2.23. The Labute approximate surface area is 134 Å². The van der Waals surface area contributed by atoms with Crippen molar-refractivity contribution in [3.63, 3.8) is 0 Å². The van der Waals surface area contributed by atoms with Crippen LogP contribution in [0.1, 0.15) is 29.5 Å². The summed E-state index contributed by atoms with van der Waals surface area (Å²) in [6.07, 6.45) is 4.12. The van der Waals surface area contributed by atoms with Gasteiger partial charge in [0, 0.05) is 6.54 Å². The number of hydrogen-bond donors (Lipinski definition) is 2. The molecule has 0 amide bonds. The van der Waals surface area contributed by atoms with Gasteiger partial charge in [0.1, 0.15) is 11.9 Å². The van der Waals surface area contributed by atoms with Crippen molar-refractivity contribution in [1.82, 2.24) is 9.38 Å². The predicted molar refractivity (Wildman–Crippen MR) is 89.6 cm³/mol. The van der Waals surface area contributed by atoms with Crippen LogP contribution in [0.25, 0.3) is 16.7 Å². The maximum absolute atomic E-state index is 9.72. The molecule has 2 N–H and O–H groups in total. The molecule has 2 heterocycles. The highest BCUT2D eigenvalue weighted by molar-refractivity contribution is 5.86.